The van der Waals surface area contributed by atoms with E-state index in [1.165, 1.54) is 27.1 Å². The van der Waals surface area contributed by atoms with Gasteiger partial charge in [0, 0.05) is 25.7 Å². The van der Waals surface area contributed by atoms with Crippen LogP contribution in [0.3, 0.4) is 0 Å². The zero-order valence-electron chi connectivity index (χ0n) is 18.7. The molecule has 0 saturated carbocycles. The summed E-state index contributed by atoms with van der Waals surface area (Å²) in [5, 5.41) is 25.4. The van der Waals surface area contributed by atoms with Crippen LogP contribution in [0.1, 0.15) is 28.4 Å². The van der Waals surface area contributed by atoms with Crippen molar-refractivity contribution >= 4 is 0 Å². The highest BCUT2D eigenvalue weighted by molar-refractivity contribution is 5.49. The molecule has 3 N–H and O–H groups in total. The Kier molecular flexibility index (Phi) is 7.52. The minimum absolute atomic E-state index is 0.184. The average molecular weight is 457 g/mol. The van der Waals surface area contributed by atoms with E-state index in [9.17, 15) is 24.6 Å². The number of rotatable bonds is 3. The summed E-state index contributed by atoms with van der Waals surface area (Å²) in [5.41, 5.74) is -2.61. The lowest BCUT2D eigenvalue weighted by Gasteiger charge is -2.25. The monoisotopic (exact) mass is 457 g/mol. The van der Waals surface area contributed by atoms with Gasteiger partial charge in [-0.05, 0) is 18.4 Å². The molecular weight excluding hydrogens is 430 g/mol. The Labute approximate surface area is 189 Å². The van der Waals surface area contributed by atoms with Crippen LogP contribution in [-0.2, 0) is 18.8 Å². The largest absolute Gasteiger partial charge is 0.860 e. The van der Waals surface area contributed by atoms with Gasteiger partial charge in [-0.1, -0.05) is 30.3 Å². The van der Waals surface area contributed by atoms with Crippen molar-refractivity contribution in [2.45, 2.75) is 12.8 Å². The molecule has 10 heteroatoms. The van der Waals surface area contributed by atoms with Crippen LogP contribution in [0.4, 0.5) is 0 Å². The van der Waals surface area contributed by atoms with Crippen molar-refractivity contribution in [3.8, 4) is 11.6 Å². The number of aryl methyl sites for hydroxylation is 1. The van der Waals surface area contributed by atoms with Gasteiger partial charge < -0.3 is 29.3 Å². The fraction of sp³-hybridized carbons (Fsp3) is 0.348. The summed E-state index contributed by atoms with van der Waals surface area (Å²) in [6.45, 7) is 5.69. The summed E-state index contributed by atoms with van der Waals surface area (Å²) >= 11 is 0. The summed E-state index contributed by atoms with van der Waals surface area (Å²) in [7, 11) is 2.49. The Morgan fingerprint density at radius 1 is 1.03 bits per heavy atom. The second kappa shape index (κ2) is 10.3. The predicted octanol–water partition coefficient (Wildman–Crippen LogP) is -1.11. The molecule has 1 atom stereocenters. The van der Waals surface area contributed by atoms with Crippen molar-refractivity contribution in [2.75, 3.05) is 26.3 Å². The molecule has 0 aliphatic carbocycles. The molecule has 4 rings (SSSR count). The lowest BCUT2D eigenvalue weighted by molar-refractivity contribution is -0.670. The van der Waals surface area contributed by atoms with E-state index >= 15 is 0 Å². The fourth-order valence-electron chi connectivity index (χ4n) is 3.67. The molecule has 1 aliphatic rings. The number of hydrogen-bond donors (Lipinski definition) is 2. The van der Waals surface area contributed by atoms with Crippen LogP contribution in [0.5, 0.6) is 11.6 Å². The SMILES string of the molecule is C1COCC[NH2+]1.Cc1cc(O)c(C(c2ccccc2)c2c([O-])n(C)c(=O)n(C)c2=O)c(=O)o1. The first-order valence-corrected chi connectivity index (χ1v) is 10.5. The Balaban J connectivity index is 0.000000442. The van der Waals surface area contributed by atoms with E-state index in [4.69, 9.17) is 9.15 Å². The molecule has 0 radical (unpaired) electrons. The van der Waals surface area contributed by atoms with Gasteiger partial charge in [0.25, 0.3) is 5.56 Å². The minimum atomic E-state index is -1.19. The normalized spacial score (nSPS) is 14.3. The van der Waals surface area contributed by atoms with E-state index in [1.54, 1.807) is 30.3 Å². The fourth-order valence-corrected chi connectivity index (χ4v) is 3.67. The maximum atomic E-state index is 12.8. The number of nitrogens with zero attached hydrogens (tertiary/aromatic N) is 2. The van der Waals surface area contributed by atoms with Crippen molar-refractivity contribution in [1.82, 2.24) is 9.13 Å². The van der Waals surface area contributed by atoms with Gasteiger partial charge in [0.1, 0.15) is 11.5 Å². The molecule has 2 aromatic heterocycles. The predicted molar refractivity (Wildman–Crippen MR) is 118 cm³/mol. The van der Waals surface area contributed by atoms with Crippen LogP contribution in [0, 0.1) is 6.92 Å². The number of benzene rings is 1. The Hall–Kier alpha value is -3.63. The quantitative estimate of drug-likeness (QED) is 0.507. The van der Waals surface area contributed by atoms with Crippen LogP contribution in [0.15, 0.2) is 55.2 Å². The third-order valence-electron chi connectivity index (χ3n) is 5.38. The highest BCUT2D eigenvalue weighted by Gasteiger charge is 2.29. The van der Waals surface area contributed by atoms with Crippen LogP contribution in [0.25, 0.3) is 0 Å². The summed E-state index contributed by atoms with van der Waals surface area (Å²) in [6, 6.07) is 9.55. The summed E-state index contributed by atoms with van der Waals surface area (Å²) < 4.78 is 11.7. The van der Waals surface area contributed by atoms with Gasteiger partial charge in [-0.3, -0.25) is 9.36 Å². The molecule has 1 aliphatic heterocycles. The van der Waals surface area contributed by atoms with Crippen molar-refractivity contribution in [2.24, 2.45) is 14.1 Å². The average Bonchev–Trinajstić information content (AvgIpc) is 2.82. The number of quaternary nitrogens is 1. The van der Waals surface area contributed by atoms with Crippen molar-refractivity contribution < 1.29 is 24.7 Å². The second-order valence-electron chi connectivity index (χ2n) is 7.69. The van der Waals surface area contributed by atoms with Gasteiger partial charge in [-0.15, -0.1) is 0 Å². The number of hydrogen-bond acceptors (Lipinski definition) is 7. The van der Waals surface area contributed by atoms with E-state index in [0.29, 0.717) is 5.56 Å². The maximum absolute atomic E-state index is 12.8. The Morgan fingerprint density at radius 3 is 2.18 bits per heavy atom. The van der Waals surface area contributed by atoms with Crippen LogP contribution in [-0.4, -0.2) is 40.5 Å². The van der Waals surface area contributed by atoms with Gasteiger partial charge in [-0.25, -0.2) is 9.59 Å². The zero-order valence-corrected chi connectivity index (χ0v) is 18.7. The molecule has 1 fully saturated rings. The van der Waals surface area contributed by atoms with E-state index in [2.05, 4.69) is 5.32 Å². The van der Waals surface area contributed by atoms with Gasteiger partial charge in [-0.2, -0.15) is 0 Å². The topological polar surface area (TPSA) is 143 Å². The van der Waals surface area contributed by atoms with Crippen molar-refractivity contribution in [1.29, 1.82) is 0 Å². The highest BCUT2D eigenvalue weighted by Crippen LogP contribution is 2.35. The van der Waals surface area contributed by atoms with Gasteiger partial charge in [0.05, 0.1) is 37.8 Å². The molecule has 176 valence electrons. The highest BCUT2D eigenvalue weighted by atomic mass is 16.5. The van der Waals surface area contributed by atoms with Crippen LogP contribution in [0.2, 0.25) is 0 Å². The van der Waals surface area contributed by atoms with E-state index in [1.807, 2.05) is 0 Å². The third kappa shape index (κ3) is 5.07. The minimum Gasteiger partial charge on any atom is -0.860 e. The molecule has 33 heavy (non-hydrogen) atoms. The van der Waals surface area contributed by atoms with Gasteiger partial charge >= 0.3 is 11.3 Å². The Morgan fingerprint density at radius 2 is 1.67 bits per heavy atom. The third-order valence-corrected chi connectivity index (χ3v) is 5.38. The van der Waals surface area contributed by atoms with Crippen molar-refractivity contribution in [3.05, 3.63) is 90.1 Å². The lowest BCUT2D eigenvalue weighted by Crippen LogP contribution is -2.87. The molecule has 1 saturated heterocycles. The Bertz CT molecular complexity index is 1280. The first-order chi connectivity index (χ1) is 15.7. The molecule has 0 spiro atoms. The van der Waals surface area contributed by atoms with E-state index < -0.39 is 34.4 Å². The van der Waals surface area contributed by atoms with Crippen LogP contribution < -0.4 is 27.3 Å². The number of morpholine rings is 1. The number of aromatic nitrogens is 2. The van der Waals surface area contributed by atoms with E-state index in [0.717, 1.165) is 35.4 Å². The summed E-state index contributed by atoms with van der Waals surface area (Å²) in [4.78, 5) is 37.3. The second-order valence-corrected chi connectivity index (χ2v) is 7.69. The molecule has 3 heterocycles. The smallest absolute Gasteiger partial charge is 0.343 e. The number of aromatic hydroxyl groups is 1. The number of nitrogens with two attached hydrogens (primary N) is 1. The van der Waals surface area contributed by atoms with Gasteiger partial charge in [0.2, 0.25) is 0 Å². The van der Waals surface area contributed by atoms with E-state index in [-0.39, 0.29) is 16.9 Å². The molecule has 10 nitrogen and oxygen atoms in total. The lowest BCUT2D eigenvalue weighted by atomic mass is 9.86. The van der Waals surface area contributed by atoms with Crippen LogP contribution >= 0.6 is 0 Å². The van der Waals surface area contributed by atoms with Crippen molar-refractivity contribution in [3.63, 3.8) is 0 Å². The van der Waals surface area contributed by atoms with Gasteiger partial charge in [0.15, 0.2) is 0 Å². The molecule has 1 aromatic carbocycles. The zero-order chi connectivity index (χ0) is 24.1. The maximum Gasteiger partial charge on any atom is 0.343 e. The standard InChI is InChI=1S/C19H18N2O6.C4H9NO/c1-10-9-12(22)14(18(25)27-10)13(11-7-5-4-6-8-11)15-16(23)20(2)19(26)21(3)17(15)24;1-3-6-4-2-5-1/h4-9,13,22-23H,1-3H3;5H,1-4H2. The molecule has 3 aromatic rings. The summed E-state index contributed by atoms with van der Waals surface area (Å²) in [6.07, 6.45) is 0. The first kappa shape index (κ1) is 24.0. The molecular formula is C23H27N3O7. The summed E-state index contributed by atoms with van der Waals surface area (Å²) in [5.74, 6) is -2.24. The number of ether oxygens (including phenoxy) is 1. The molecule has 0 amide bonds. The molecule has 1 unspecified atom stereocenters. The molecule has 0 bridgehead atoms. The first-order valence-electron chi connectivity index (χ1n) is 10.5.